The summed E-state index contributed by atoms with van der Waals surface area (Å²) in [5, 5.41) is 3.75. The van der Waals surface area contributed by atoms with Crippen LogP contribution in [-0.2, 0) is 17.1 Å². The first-order valence-corrected chi connectivity index (χ1v) is 9.50. The molecule has 2 aromatic rings. The second-order valence-corrected chi connectivity index (χ2v) is 7.35. The number of nitrogens with one attached hydrogen (secondary N) is 1. The molecule has 2 nitrogen and oxygen atoms in total. The Morgan fingerprint density at radius 2 is 1.75 bits per heavy atom. The summed E-state index contributed by atoms with van der Waals surface area (Å²) in [4.78, 5) is 13.7. The zero-order valence-corrected chi connectivity index (χ0v) is 15.0. The first kappa shape index (κ1) is 17.1. The first-order valence-electron chi connectivity index (χ1n) is 8.14. The Labute approximate surface area is 152 Å². The molecule has 0 aliphatic heterocycles. The lowest BCUT2D eigenvalue weighted by molar-refractivity contribution is -0.117. The first-order chi connectivity index (χ1) is 11.7. The van der Waals surface area contributed by atoms with Crippen LogP contribution in [0, 0.1) is 0 Å². The lowest BCUT2D eigenvalue weighted by Gasteiger charge is -2.09. The van der Waals surface area contributed by atoms with Gasteiger partial charge in [-0.2, -0.15) is 0 Å². The van der Waals surface area contributed by atoms with Crippen LogP contribution in [0.3, 0.4) is 0 Å². The van der Waals surface area contributed by atoms with Crippen molar-refractivity contribution in [1.82, 2.24) is 5.32 Å². The Bertz CT molecular complexity index is 725. The molecule has 0 unspecified atom stereocenters. The Morgan fingerprint density at radius 3 is 2.50 bits per heavy atom. The molecule has 0 atom stereocenters. The van der Waals surface area contributed by atoms with Crippen molar-refractivity contribution in [3.63, 3.8) is 0 Å². The van der Waals surface area contributed by atoms with E-state index in [0.29, 0.717) is 11.6 Å². The topological polar surface area (TPSA) is 29.1 Å². The van der Waals surface area contributed by atoms with E-state index in [1.807, 2.05) is 30.3 Å². The van der Waals surface area contributed by atoms with Crippen molar-refractivity contribution in [3.05, 3.63) is 81.2 Å². The number of allylic oxidation sites excluding steroid dienone is 1. The fraction of sp³-hybridized carbons (Fsp3) is 0.250. The van der Waals surface area contributed by atoms with E-state index in [0.717, 1.165) is 36.2 Å². The maximum absolute atomic E-state index is 12.5. The highest BCUT2D eigenvalue weighted by Gasteiger charge is 2.21. The molecular weight excluding hydrogens is 338 g/mol. The summed E-state index contributed by atoms with van der Waals surface area (Å²) in [6, 6.07) is 18.0. The largest absolute Gasteiger partial charge is 0.348 e. The summed E-state index contributed by atoms with van der Waals surface area (Å²) in [7, 11) is 0. The van der Waals surface area contributed by atoms with E-state index in [-0.39, 0.29) is 5.91 Å². The van der Waals surface area contributed by atoms with Gasteiger partial charge >= 0.3 is 0 Å². The highest BCUT2D eigenvalue weighted by Crippen LogP contribution is 2.36. The van der Waals surface area contributed by atoms with Gasteiger partial charge in [-0.15, -0.1) is 11.8 Å². The molecule has 0 saturated heterocycles. The summed E-state index contributed by atoms with van der Waals surface area (Å²) in [5.74, 6) is 0.988. The van der Waals surface area contributed by atoms with Gasteiger partial charge in [0, 0.05) is 22.9 Å². The molecule has 0 heterocycles. The number of hydrogen-bond acceptors (Lipinski definition) is 2. The number of thioether (sulfide) groups is 1. The van der Waals surface area contributed by atoms with Crippen LogP contribution in [0.15, 0.2) is 65.1 Å². The van der Waals surface area contributed by atoms with Crippen LogP contribution in [-0.4, -0.2) is 5.91 Å². The van der Waals surface area contributed by atoms with Crippen molar-refractivity contribution in [2.45, 2.75) is 31.6 Å². The van der Waals surface area contributed by atoms with Crippen LogP contribution in [0.4, 0.5) is 0 Å². The maximum atomic E-state index is 12.5. The van der Waals surface area contributed by atoms with Gasteiger partial charge in [-0.3, -0.25) is 4.79 Å². The zero-order valence-electron chi connectivity index (χ0n) is 13.4. The Morgan fingerprint density at radius 1 is 1.00 bits per heavy atom. The summed E-state index contributed by atoms with van der Waals surface area (Å²) >= 11 is 7.68. The van der Waals surface area contributed by atoms with Crippen molar-refractivity contribution in [2.24, 2.45) is 0 Å². The predicted molar refractivity (Wildman–Crippen MR) is 102 cm³/mol. The lowest BCUT2D eigenvalue weighted by atomic mass is 10.2. The van der Waals surface area contributed by atoms with Crippen molar-refractivity contribution in [2.75, 3.05) is 0 Å². The summed E-state index contributed by atoms with van der Waals surface area (Å²) < 4.78 is 0. The monoisotopic (exact) mass is 357 g/mol. The zero-order chi connectivity index (χ0) is 16.8. The third-order valence-corrected chi connectivity index (χ3v) is 5.59. The van der Waals surface area contributed by atoms with E-state index in [2.05, 4.69) is 29.6 Å². The van der Waals surface area contributed by atoms with Gasteiger partial charge in [0.05, 0.1) is 0 Å². The Kier molecular flexibility index (Phi) is 6.00. The van der Waals surface area contributed by atoms with E-state index < -0.39 is 0 Å². The summed E-state index contributed by atoms with van der Waals surface area (Å²) in [6.07, 6.45) is 2.96. The third kappa shape index (κ3) is 4.65. The van der Waals surface area contributed by atoms with Gasteiger partial charge in [0.2, 0.25) is 5.91 Å². The number of benzene rings is 2. The molecule has 1 N–H and O–H groups in total. The smallest absolute Gasteiger partial charge is 0.248 e. The minimum absolute atomic E-state index is 0.0676. The standard InChI is InChI=1S/C20H20ClNOS/c21-17-11-9-15(10-12-17)13-22-20(23)18-7-4-8-19(18)24-14-16-5-2-1-3-6-16/h1-3,5-6,9-12H,4,7-8,13-14H2,(H,22,23). The molecule has 1 aliphatic carbocycles. The molecule has 0 aromatic heterocycles. The van der Waals surface area contributed by atoms with Gasteiger partial charge in [-0.25, -0.2) is 0 Å². The Balaban J connectivity index is 1.58. The van der Waals surface area contributed by atoms with E-state index >= 15 is 0 Å². The van der Waals surface area contributed by atoms with E-state index in [1.165, 1.54) is 10.5 Å². The SMILES string of the molecule is O=C(NCc1ccc(Cl)cc1)C1=C(SCc2ccccc2)CCC1. The second kappa shape index (κ2) is 8.41. The average molecular weight is 358 g/mol. The van der Waals surface area contributed by atoms with Crippen molar-refractivity contribution in [3.8, 4) is 0 Å². The molecule has 24 heavy (non-hydrogen) atoms. The Hall–Kier alpha value is -1.71. The van der Waals surface area contributed by atoms with Gasteiger partial charge in [0.25, 0.3) is 0 Å². The fourth-order valence-corrected chi connectivity index (χ4v) is 4.07. The van der Waals surface area contributed by atoms with Crippen LogP contribution in [0.5, 0.6) is 0 Å². The number of rotatable bonds is 6. The quantitative estimate of drug-likeness (QED) is 0.757. The lowest BCUT2D eigenvalue weighted by Crippen LogP contribution is -2.24. The molecule has 4 heteroatoms. The van der Waals surface area contributed by atoms with Gasteiger partial charge in [0.1, 0.15) is 0 Å². The molecule has 2 aromatic carbocycles. The van der Waals surface area contributed by atoms with Gasteiger partial charge < -0.3 is 5.32 Å². The van der Waals surface area contributed by atoms with Crippen LogP contribution in [0.2, 0.25) is 5.02 Å². The van der Waals surface area contributed by atoms with E-state index in [1.54, 1.807) is 11.8 Å². The highest BCUT2D eigenvalue weighted by atomic mass is 35.5. The number of carbonyl (C=O) groups is 1. The summed E-state index contributed by atoms with van der Waals surface area (Å²) in [6.45, 7) is 0.538. The fourth-order valence-electron chi connectivity index (χ4n) is 2.75. The molecule has 0 saturated carbocycles. The molecule has 124 valence electrons. The van der Waals surface area contributed by atoms with E-state index in [9.17, 15) is 4.79 Å². The summed E-state index contributed by atoms with van der Waals surface area (Å²) in [5.41, 5.74) is 3.32. The van der Waals surface area contributed by atoms with Crippen LogP contribution < -0.4 is 5.32 Å². The van der Waals surface area contributed by atoms with Crippen LogP contribution in [0.25, 0.3) is 0 Å². The van der Waals surface area contributed by atoms with Crippen LogP contribution >= 0.6 is 23.4 Å². The second-order valence-electron chi connectivity index (χ2n) is 5.84. The van der Waals surface area contributed by atoms with Gasteiger partial charge in [-0.05, 0) is 47.4 Å². The van der Waals surface area contributed by atoms with Gasteiger partial charge in [0.15, 0.2) is 0 Å². The molecule has 0 bridgehead atoms. The minimum atomic E-state index is 0.0676. The van der Waals surface area contributed by atoms with Crippen LogP contribution in [0.1, 0.15) is 30.4 Å². The number of hydrogen-bond donors (Lipinski definition) is 1. The minimum Gasteiger partial charge on any atom is -0.348 e. The maximum Gasteiger partial charge on any atom is 0.248 e. The molecule has 3 rings (SSSR count). The molecule has 1 amide bonds. The number of halogens is 1. The van der Waals surface area contributed by atoms with E-state index in [4.69, 9.17) is 11.6 Å². The normalized spacial score (nSPS) is 14.0. The van der Waals surface area contributed by atoms with Crippen molar-refractivity contribution < 1.29 is 4.79 Å². The number of amides is 1. The number of carbonyl (C=O) groups excluding carboxylic acids is 1. The van der Waals surface area contributed by atoms with Gasteiger partial charge in [-0.1, -0.05) is 54.1 Å². The molecule has 1 aliphatic rings. The van der Waals surface area contributed by atoms with Crippen molar-refractivity contribution >= 4 is 29.3 Å². The molecular formula is C20H20ClNOS. The average Bonchev–Trinajstić information content (AvgIpc) is 3.09. The van der Waals surface area contributed by atoms with Crippen molar-refractivity contribution in [1.29, 1.82) is 0 Å². The molecule has 0 spiro atoms. The third-order valence-electron chi connectivity index (χ3n) is 4.06. The predicted octanol–water partition coefficient (Wildman–Crippen LogP) is 5.33. The molecule has 0 radical (unpaired) electrons. The molecule has 0 fully saturated rings. The highest BCUT2D eigenvalue weighted by molar-refractivity contribution is 8.02.